The van der Waals surface area contributed by atoms with Crippen molar-refractivity contribution in [1.82, 2.24) is 15.6 Å². The standard InChI is InChI=1S/C10H15N3/c1-2-9(6-11-4-1)7-13-10-3-5-12-8-10/h1-2,4,6,10,12-13H,3,5,7-8H2/t10-/m0/s1. The average molecular weight is 177 g/mol. The fourth-order valence-electron chi connectivity index (χ4n) is 1.59. The second-order valence-electron chi connectivity index (χ2n) is 3.43. The van der Waals surface area contributed by atoms with E-state index in [1.54, 1.807) is 6.20 Å². The molecule has 0 saturated carbocycles. The molecule has 0 aliphatic carbocycles. The summed E-state index contributed by atoms with van der Waals surface area (Å²) in [6.45, 7) is 3.17. The molecule has 13 heavy (non-hydrogen) atoms. The first-order chi connectivity index (χ1) is 6.45. The van der Waals surface area contributed by atoms with Gasteiger partial charge in [0.1, 0.15) is 0 Å². The fraction of sp³-hybridized carbons (Fsp3) is 0.500. The predicted octanol–water partition coefficient (Wildman–Crippen LogP) is 0.533. The summed E-state index contributed by atoms with van der Waals surface area (Å²) >= 11 is 0. The molecule has 0 amide bonds. The van der Waals surface area contributed by atoms with E-state index in [9.17, 15) is 0 Å². The van der Waals surface area contributed by atoms with Gasteiger partial charge in [-0.2, -0.15) is 0 Å². The Morgan fingerprint density at radius 3 is 3.31 bits per heavy atom. The number of aromatic nitrogens is 1. The number of rotatable bonds is 3. The zero-order valence-corrected chi connectivity index (χ0v) is 7.66. The van der Waals surface area contributed by atoms with E-state index >= 15 is 0 Å². The Labute approximate surface area is 78.6 Å². The Morgan fingerprint density at radius 2 is 2.62 bits per heavy atom. The van der Waals surface area contributed by atoms with Gasteiger partial charge in [0.25, 0.3) is 0 Å². The molecule has 1 aliphatic heterocycles. The first-order valence-electron chi connectivity index (χ1n) is 4.78. The van der Waals surface area contributed by atoms with E-state index in [1.807, 2.05) is 12.3 Å². The highest BCUT2D eigenvalue weighted by molar-refractivity contribution is 5.08. The molecule has 2 N–H and O–H groups in total. The average Bonchev–Trinajstić information content (AvgIpc) is 2.69. The summed E-state index contributed by atoms with van der Waals surface area (Å²) in [6, 6.07) is 4.71. The van der Waals surface area contributed by atoms with Gasteiger partial charge in [0.05, 0.1) is 0 Å². The molecule has 0 bridgehead atoms. The van der Waals surface area contributed by atoms with Crippen LogP contribution in [0, 0.1) is 0 Å². The molecule has 70 valence electrons. The van der Waals surface area contributed by atoms with E-state index in [2.05, 4.69) is 21.7 Å². The maximum Gasteiger partial charge on any atom is 0.0312 e. The molecule has 1 fully saturated rings. The first-order valence-corrected chi connectivity index (χ1v) is 4.78. The first kappa shape index (κ1) is 8.66. The monoisotopic (exact) mass is 177 g/mol. The Morgan fingerprint density at radius 1 is 1.62 bits per heavy atom. The number of hydrogen-bond acceptors (Lipinski definition) is 3. The topological polar surface area (TPSA) is 37.0 Å². The largest absolute Gasteiger partial charge is 0.315 e. The van der Waals surface area contributed by atoms with Gasteiger partial charge in [-0.05, 0) is 24.6 Å². The van der Waals surface area contributed by atoms with E-state index in [4.69, 9.17) is 0 Å². The molecule has 2 heterocycles. The fourth-order valence-corrected chi connectivity index (χ4v) is 1.59. The van der Waals surface area contributed by atoms with Crippen molar-refractivity contribution in [3.63, 3.8) is 0 Å². The van der Waals surface area contributed by atoms with Gasteiger partial charge in [-0.15, -0.1) is 0 Å². The Kier molecular flexibility index (Phi) is 2.90. The SMILES string of the molecule is c1cncc(CN[C@H]2CCNC2)c1. The van der Waals surface area contributed by atoms with Crippen LogP contribution in [0.25, 0.3) is 0 Å². The van der Waals surface area contributed by atoms with Gasteiger partial charge in [0.2, 0.25) is 0 Å². The van der Waals surface area contributed by atoms with E-state index in [0.717, 1.165) is 19.6 Å². The van der Waals surface area contributed by atoms with Crippen LogP contribution < -0.4 is 10.6 Å². The molecule has 0 aromatic carbocycles. The van der Waals surface area contributed by atoms with Gasteiger partial charge in [0.15, 0.2) is 0 Å². The van der Waals surface area contributed by atoms with Crippen molar-refractivity contribution in [2.45, 2.75) is 19.0 Å². The van der Waals surface area contributed by atoms with Crippen molar-refractivity contribution in [1.29, 1.82) is 0 Å². The number of nitrogens with zero attached hydrogens (tertiary/aromatic N) is 1. The van der Waals surface area contributed by atoms with Crippen LogP contribution in [0.3, 0.4) is 0 Å². The van der Waals surface area contributed by atoms with Crippen LogP contribution in [-0.4, -0.2) is 24.1 Å². The van der Waals surface area contributed by atoms with Crippen LogP contribution >= 0.6 is 0 Å². The second-order valence-corrected chi connectivity index (χ2v) is 3.43. The predicted molar refractivity (Wildman–Crippen MR) is 52.4 cm³/mol. The summed E-state index contributed by atoms with van der Waals surface area (Å²) in [5.74, 6) is 0. The minimum atomic E-state index is 0.639. The highest BCUT2D eigenvalue weighted by atomic mass is 15.0. The number of pyridine rings is 1. The minimum Gasteiger partial charge on any atom is -0.315 e. The smallest absolute Gasteiger partial charge is 0.0312 e. The molecule has 1 atom stereocenters. The van der Waals surface area contributed by atoms with E-state index < -0.39 is 0 Å². The van der Waals surface area contributed by atoms with Crippen LogP contribution in [0.2, 0.25) is 0 Å². The van der Waals surface area contributed by atoms with Crippen LogP contribution in [-0.2, 0) is 6.54 Å². The molecule has 0 spiro atoms. The zero-order valence-electron chi connectivity index (χ0n) is 7.66. The molecule has 3 nitrogen and oxygen atoms in total. The number of nitrogens with one attached hydrogen (secondary N) is 2. The van der Waals surface area contributed by atoms with Crippen LogP contribution in [0.15, 0.2) is 24.5 Å². The van der Waals surface area contributed by atoms with Gasteiger partial charge in [-0.3, -0.25) is 4.98 Å². The molecule has 2 rings (SSSR count). The lowest BCUT2D eigenvalue weighted by atomic mass is 10.2. The Hall–Kier alpha value is -0.930. The van der Waals surface area contributed by atoms with Crippen molar-refractivity contribution in [3.05, 3.63) is 30.1 Å². The lowest BCUT2D eigenvalue weighted by Crippen LogP contribution is -2.30. The van der Waals surface area contributed by atoms with Gasteiger partial charge in [-0.1, -0.05) is 6.07 Å². The molecular weight excluding hydrogens is 162 g/mol. The highest BCUT2D eigenvalue weighted by Crippen LogP contribution is 2.00. The van der Waals surface area contributed by atoms with Gasteiger partial charge >= 0.3 is 0 Å². The van der Waals surface area contributed by atoms with Crippen molar-refractivity contribution in [3.8, 4) is 0 Å². The lowest BCUT2D eigenvalue weighted by Gasteiger charge is -2.10. The second kappa shape index (κ2) is 4.35. The Balaban J connectivity index is 1.79. The van der Waals surface area contributed by atoms with Crippen molar-refractivity contribution < 1.29 is 0 Å². The third kappa shape index (κ3) is 2.50. The normalized spacial score (nSPS) is 22.0. The Bertz CT molecular complexity index is 242. The van der Waals surface area contributed by atoms with E-state index in [-0.39, 0.29) is 0 Å². The molecule has 1 saturated heterocycles. The van der Waals surface area contributed by atoms with Crippen molar-refractivity contribution in [2.75, 3.05) is 13.1 Å². The third-order valence-corrected chi connectivity index (χ3v) is 2.38. The molecule has 0 unspecified atom stereocenters. The summed E-state index contributed by atoms with van der Waals surface area (Å²) < 4.78 is 0. The van der Waals surface area contributed by atoms with Crippen molar-refractivity contribution in [2.24, 2.45) is 0 Å². The third-order valence-electron chi connectivity index (χ3n) is 2.38. The summed E-state index contributed by atoms with van der Waals surface area (Å²) in [5.41, 5.74) is 1.26. The van der Waals surface area contributed by atoms with Crippen molar-refractivity contribution >= 4 is 0 Å². The lowest BCUT2D eigenvalue weighted by molar-refractivity contribution is 0.547. The molecule has 0 radical (unpaired) electrons. The van der Waals surface area contributed by atoms with E-state index in [1.165, 1.54) is 12.0 Å². The summed E-state index contributed by atoms with van der Waals surface area (Å²) in [7, 11) is 0. The highest BCUT2D eigenvalue weighted by Gasteiger charge is 2.12. The molecule has 1 aromatic heterocycles. The van der Waals surface area contributed by atoms with Crippen LogP contribution in [0.5, 0.6) is 0 Å². The van der Waals surface area contributed by atoms with Gasteiger partial charge < -0.3 is 10.6 Å². The summed E-state index contributed by atoms with van der Waals surface area (Å²) in [6.07, 6.45) is 4.95. The molecule has 1 aromatic rings. The van der Waals surface area contributed by atoms with E-state index in [0.29, 0.717) is 6.04 Å². The summed E-state index contributed by atoms with van der Waals surface area (Å²) in [5, 5.41) is 6.83. The maximum absolute atomic E-state index is 4.07. The zero-order chi connectivity index (χ0) is 8.93. The summed E-state index contributed by atoms with van der Waals surface area (Å²) in [4.78, 5) is 4.07. The quantitative estimate of drug-likeness (QED) is 0.707. The van der Waals surface area contributed by atoms with Gasteiger partial charge in [0, 0.05) is 31.5 Å². The maximum atomic E-state index is 4.07. The van der Waals surface area contributed by atoms with Crippen LogP contribution in [0.1, 0.15) is 12.0 Å². The number of hydrogen-bond donors (Lipinski definition) is 2. The van der Waals surface area contributed by atoms with Crippen LogP contribution in [0.4, 0.5) is 0 Å². The molecular formula is C10H15N3. The van der Waals surface area contributed by atoms with Gasteiger partial charge in [-0.25, -0.2) is 0 Å². The minimum absolute atomic E-state index is 0.639. The molecule has 3 heteroatoms. The molecule has 1 aliphatic rings.